The van der Waals surface area contributed by atoms with E-state index >= 15 is 0 Å². The molecule has 3 atom stereocenters. The lowest BCUT2D eigenvalue weighted by atomic mass is 9.91. The standard InChI is InChI=1S/C16H24ClN/c1-11-9-16(3,4)10-15(11)18-12(2)13-5-7-14(17)8-6-13/h5-8,11-12,15,18H,9-10H2,1-4H3/t11?,12-,15?/m0/s1. The summed E-state index contributed by atoms with van der Waals surface area (Å²) in [5.74, 6) is 0.759. The maximum atomic E-state index is 5.93. The Morgan fingerprint density at radius 3 is 2.33 bits per heavy atom. The molecule has 2 unspecified atom stereocenters. The topological polar surface area (TPSA) is 12.0 Å². The van der Waals surface area contributed by atoms with Crippen LogP contribution >= 0.6 is 11.6 Å². The van der Waals surface area contributed by atoms with E-state index in [-0.39, 0.29) is 0 Å². The Morgan fingerprint density at radius 1 is 1.22 bits per heavy atom. The summed E-state index contributed by atoms with van der Waals surface area (Å²) in [7, 11) is 0. The molecule has 1 N–H and O–H groups in total. The number of hydrogen-bond acceptors (Lipinski definition) is 1. The van der Waals surface area contributed by atoms with Gasteiger partial charge >= 0.3 is 0 Å². The molecule has 2 heteroatoms. The van der Waals surface area contributed by atoms with Crippen molar-refractivity contribution in [2.75, 3.05) is 0 Å². The van der Waals surface area contributed by atoms with Crippen molar-refractivity contribution >= 4 is 11.6 Å². The van der Waals surface area contributed by atoms with Crippen LogP contribution in [0.3, 0.4) is 0 Å². The number of nitrogens with one attached hydrogen (secondary N) is 1. The van der Waals surface area contributed by atoms with Gasteiger partial charge in [0.2, 0.25) is 0 Å². The third-order valence-electron chi connectivity index (χ3n) is 4.17. The fraction of sp³-hybridized carbons (Fsp3) is 0.625. The fourth-order valence-corrected chi connectivity index (χ4v) is 3.41. The summed E-state index contributed by atoms with van der Waals surface area (Å²) in [5.41, 5.74) is 1.80. The van der Waals surface area contributed by atoms with Gasteiger partial charge in [-0.3, -0.25) is 0 Å². The lowest BCUT2D eigenvalue weighted by molar-refractivity contribution is 0.356. The quantitative estimate of drug-likeness (QED) is 0.827. The molecule has 1 fully saturated rings. The molecule has 0 aromatic heterocycles. The molecular weight excluding hydrogens is 242 g/mol. The maximum absolute atomic E-state index is 5.93. The van der Waals surface area contributed by atoms with Gasteiger partial charge in [0.25, 0.3) is 0 Å². The predicted octanol–water partition coefficient (Wildman–Crippen LogP) is 4.82. The van der Waals surface area contributed by atoms with Crippen LogP contribution in [0.1, 0.15) is 52.1 Å². The molecule has 0 heterocycles. The Labute approximate surface area is 116 Å². The van der Waals surface area contributed by atoms with Crippen molar-refractivity contribution in [1.82, 2.24) is 5.32 Å². The Hall–Kier alpha value is -0.530. The Balaban J connectivity index is 1.99. The Kier molecular flexibility index (Phi) is 4.03. The molecule has 1 saturated carbocycles. The Morgan fingerprint density at radius 2 is 1.83 bits per heavy atom. The van der Waals surface area contributed by atoms with Gasteiger partial charge in [0, 0.05) is 17.1 Å². The van der Waals surface area contributed by atoms with Crippen molar-refractivity contribution in [1.29, 1.82) is 0 Å². The average molecular weight is 266 g/mol. The zero-order valence-corrected chi connectivity index (χ0v) is 12.6. The van der Waals surface area contributed by atoms with Crippen LogP contribution in [0.15, 0.2) is 24.3 Å². The van der Waals surface area contributed by atoms with Crippen LogP contribution in [-0.2, 0) is 0 Å². The molecular formula is C16H24ClN. The first-order chi connectivity index (χ1) is 8.37. The van der Waals surface area contributed by atoms with Gasteiger partial charge in [-0.25, -0.2) is 0 Å². The first-order valence-corrected chi connectivity index (χ1v) is 7.27. The minimum Gasteiger partial charge on any atom is -0.307 e. The van der Waals surface area contributed by atoms with Gasteiger partial charge in [0.05, 0.1) is 0 Å². The maximum Gasteiger partial charge on any atom is 0.0406 e. The van der Waals surface area contributed by atoms with Crippen LogP contribution in [0.2, 0.25) is 5.02 Å². The highest BCUT2D eigenvalue weighted by Gasteiger charge is 2.36. The molecule has 1 aromatic rings. The van der Waals surface area contributed by atoms with Crippen LogP contribution in [0.25, 0.3) is 0 Å². The van der Waals surface area contributed by atoms with E-state index in [4.69, 9.17) is 11.6 Å². The second-order valence-electron chi connectivity index (χ2n) is 6.60. The zero-order chi connectivity index (χ0) is 13.3. The predicted molar refractivity (Wildman–Crippen MR) is 79.0 cm³/mol. The largest absolute Gasteiger partial charge is 0.307 e. The molecule has 18 heavy (non-hydrogen) atoms. The normalized spacial score (nSPS) is 28.3. The zero-order valence-electron chi connectivity index (χ0n) is 11.8. The van der Waals surface area contributed by atoms with E-state index in [0.29, 0.717) is 17.5 Å². The van der Waals surface area contributed by atoms with E-state index < -0.39 is 0 Å². The summed E-state index contributed by atoms with van der Waals surface area (Å²) in [6.07, 6.45) is 2.59. The number of rotatable bonds is 3. The van der Waals surface area contributed by atoms with Gasteiger partial charge < -0.3 is 5.32 Å². The fourth-order valence-electron chi connectivity index (χ4n) is 3.29. The van der Waals surface area contributed by atoms with Gasteiger partial charge in [-0.1, -0.05) is 44.5 Å². The van der Waals surface area contributed by atoms with Crippen LogP contribution in [0.4, 0.5) is 0 Å². The molecule has 0 amide bonds. The van der Waals surface area contributed by atoms with E-state index in [1.165, 1.54) is 18.4 Å². The van der Waals surface area contributed by atoms with E-state index in [1.807, 2.05) is 12.1 Å². The van der Waals surface area contributed by atoms with E-state index in [2.05, 4.69) is 45.1 Å². The third-order valence-corrected chi connectivity index (χ3v) is 4.42. The van der Waals surface area contributed by atoms with Crippen molar-refractivity contribution in [2.45, 2.75) is 52.6 Å². The second kappa shape index (κ2) is 5.22. The highest BCUT2D eigenvalue weighted by molar-refractivity contribution is 6.30. The number of benzene rings is 1. The molecule has 2 rings (SSSR count). The van der Waals surface area contributed by atoms with Crippen molar-refractivity contribution in [3.8, 4) is 0 Å². The summed E-state index contributed by atoms with van der Waals surface area (Å²) in [6, 6.07) is 9.19. The molecule has 1 nitrogen and oxygen atoms in total. The van der Waals surface area contributed by atoms with E-state index in [9.17, 15) is 0 Å². The first-order valence-electron chi connectivity index (χ1n) is 6.89. The number of hydrogen-bond donors (Lipinski definition) is 1. The molecule has 0 spiro atoms. The smallest absolute Gasteiger partial charge is 0.0406 e. The number of halogens is 1. The SMILES string of the molecule is CC1CC(C)(C)CC1N[C@@H](C)c1ccc(Cl)cc1. The lowest BCUT2D eigenvalue weighted by Crippen LogP contribution is -2.33. The van der Waals surface area contributed by atoms with Crippen LogP contribution < -0.4 is 5.32 Å². The van der Waals surface area contributed by atoms with Gasteiger partial charge in [-0.15, -0.1) is 0 Å². The summed E-state index contributed by atoms with van der Waals surface area (Å²) >= 11 is 5.93. The molecule has 0 radical (unpaired) electrons. The molecule has 0 bridgehead atoms. The van der Waals surface area contributed by atoms with Gasteiger partial charge in [-0.05, 0) is 48.8 Å². The first kappa shape index (κ1) is 13.9. The molecule has 0 aliphatic heterocycles. The van der Waals surface area contributed by atoms with Crippen LogP contribution in [0.5, 0.6) is 0 Å². The summed E-state index contributed by atoms with van der Waals surface area (Å²) in [5, 5.41) is 4.58. The highest BCUT2D eigenvalue weighted by Crippen LogP contribution is 2.41. The molecule has 1 aliphatic rings. The van der Waals surface area contributed by atoms with Crippen molar-refractivity contribution < 1.29 is 0 Å². The lowest BCUT2D eigenvalue weighted by Gasteiger charge is -2.24. The molecule has 1 aliphatic carbocycles. The molecule has 0 saturated heterocycles. The molecule has 100 valence electrons. The van der Waals surface area contributed by atoms with E-state index in [1.54, 1.807) is 0 Å². The summed E-state index contributed by atoms with van der Waals surface area (Å²) < 4.78 is 0. The molecule has 1 aromatic carbocycles. The minimum absolute atomic E-state index is 0.392. The van der Waals surface area contributed by atoms with Gasteiger partial charge in [0.1, 0.15) is 0 Å². The van der Waals surface area contributed by atoms with Crippen molar-refractivity contribution in [3.05, 3.63) is 34.9 Å². The highest BCUT2D eigenvalue weighted by atomic mass is 35.5. The third kappa shape index (κ3) is 3.27. The minimum atomic E-state index is 0.392. The van der Waals surface area contributed by atoms with E-state index in [0.717, 1.165) is 10.9 Å². The van der Waals surface area contributed by atoms with Crippen LogP contribution in [-0.4, -0.2) is 6.04 Å². The van der Waals surface area contributed by atoms with Gasteiger partial charge in [0.15, 0.2) is 0 Å². The summed E-state index contributed by atoms with van der Waals surface area (Å²) in [4.78, 5) is 0. The average Bonchev–Trinajstić information content (AvgIpc) is 2.52. The van der Waals surface area contributed by atoms with Crippen LogP contribution in [0, 0.1) is 11.3 Å². The van der Waals surface area contributed by atoms with Crippen molar-refractivity contribution in [3.63, 3.8) is 0 Å². The monoisotopic (exact) mass is 265 g/mol. The second-order valence-corrected chi connectivity index (χ2v) is 7.03. The Bertz CT molecular complexity index is 396. The van der Waals surface area contributed by atoms with Crippen molar-refractivity contribution in [2.24, 2.45) is 11.3 Å². The summed E-state index contributed by atoms with van der Waals surface area (Å²) in [6.45, 7) is 9.35. The van der Waals surface area contributed by atoms with Gasteiger partial charge in [-0.2, -0.15) is 0 Å².